The molecule has 1 N–H and O–H groups in total. The van der Waals surface area contributed by atoms with E-state index in [1.54, 1.807) is 12.1 Å². The Bertz CT molecular complexity index is 1000. The number of esters is 1. The number of methoxy groups -OCH3 is 1. The maximum absolute atomic E-state index is 12.4. The number of benzene rings is 2. The number of allylic oxidation sites excluding steroid dienone is 1. The molecular formula is C19H14N2O3S. The van der Waals surface area contributed by atoms with Crippen molar-refractivity contribution in [1.82, 2.24) is 4.37 Å². The molecule has 0 saturated carbocycles. The molecule has 25 heavy (non-hydrogen) atoms. The summed E-state index contributed by atoms with van der Waals surface area (Å²) >= 11 is 1.40. The Morgan fingerprint density at radius 3 is 2.72 bits per heavy atom. The second-order valence-corrected chi connectivity index (χ2v) is 6.58. The van der Waals surface area contributed by atoms with Crippen molar-refractivity contribution in [3.8, 4) is 0 Å². The Morgan fingerprint density at radius 2 is 1.96 bits per heavy atom. The summed E-state index contributed by atoms with van der Waals surface area (Å²) in [6, 6.07) is 12.8. The molecule has 0 spiro atoms. The zero-order valence-corrected chi connectivity index (χ0v) is 14.2. The molecule has 4 rings (SSSR count). The van der Waals surface area contributed by atoms with Crippen LogP contribution in [0.2, 0.25) is 0 Å². The summed E-state index contributed by atoms with van der Waals surface area (Å²) < 4.78 is 9.85. The normalized spacial score (nSPS) is 15.6. The van der Waals surface area contributed by atoms with Crippen molar-refractivity contribution in [3.63, 3.8) is 0 Å². The molecular weight excluding hydrogens is 336 g/mol. The third kappa shape index (κ3) is 3.04. The fourth-order valence-corrected chi connectivity index (χ4v) is 3.40. The second-order valence-electron chi connectivity index (χ2n) is 5.75. The zero-order chi connectivity index (χ0) is 17.4. The molecule has 0 fully saturated rings. The van der Waals surface area contributed by atoms with Gasteiger partial charge in [0.2, 0.25) is 0 Å². The van der Waals surface area contributed by atoms with Gasteiger partial charge in [0.25, 0.3) is 5.91 Å². The highest BCUT2D eigenvalue weighted by atomic mass is 32.1. The van der Waals surface area contributed by atoms with E-state index in [1.807, 2.05) is 42.6 Å². The molecule has 0 unspecified atom stereocenters. The number of fused-ring (bicyclic) bond motifs is 1. The van der Waals surface area contributed by atoms with E-state index in [0.717, 1.165) is 26.9 Å². The van der Waals surface area contributed by atoms with Gasteiger partial charge in [-0.05, 0) is 47.4 Å². The van der Waals surface area contributed by atoms with Crippen LogP contribution < -0.4 is 5.32 Å². The van der Waals surface area contributed by atoms with E-state index in [2.05, 4.69) is 14.4 Å². The fraction of sp³-hybridized carbons (Fsp3) is 0.105. The molecule has 2 aromatic carbocycles. The van der Waals surface area contributed by atoms with Gasteiger partial charge in [-0.3, -0.25) is 4.79 Å². The van der Waals surface area contributed by atoms with Gasteiger partial charge in [0.05, 0.1) is 17.4 Å². The average molecular weight is 350 g/mol. The Morgan fingerprint density at radius 1 is 1.16 bits per heavy atom. The molecule has 6 heteroatoms. The standard InChI is InChI=1S/C19H14N2O3S/c1-24-19(23)12-4-2-11(3-5-12)15-9-16(15)18(22)21-14-7-6-13-10-20-25-17(13)8-14/h2-10,15H,1H3,(H,21,22)/t15-/m0/s1. The van der Waals surface area contributed by atoms with Crippen LogP contribution in [0.25, 0.3) is 10.1 Å². The molecule has 0 radical (unpaired) electrons. The Hall–Kier alpha value is -2.99. The van der Waals surface area contributed by atoms with Crippen LogP contribution in [0.1, 0.15) is 21.8 Å². The number of nitrogens with one attached hydrogen (secondary N) is 1. The molecule has 1 aliphatic rings. The minimum Gasteiger partial charge on any atom is -0.465 e. The number of carbonyl (C=O) groups excluding carboxylic acids is 2. The number of hydrogen-bond donors (Lipinski definition) is 1. The predicted octanol–water partition coefficient (Wildman–Crippen LogP) is 3.75. The van der Waals surface area contributed by atoms with Crippen LogP contribution in [0, 0.1) is 0 Å². The molecule has 1 atom stereocenters. The predicted molar refractivity (Wildman–Crippen MR) is 96.9 cm³/mol. The van der Waals surface area contributed by atoms with Crippen LogP contribution in [0.4, 0.5) is 5.69 Å². The Balaban J connectivity index is 1.42. The van der Waals surface area contributed by atoms with Crippen molar-refractivity contribution in [2.45, 2.75) is 5.92 Å². The van der Waals surface area contributed by atoms with Crippen LogP contribution in [-0.2, 0) is 9.53 Å². The third-order valence-electron chi connectivity index (χ3n) is 4.14. The summed E-state index contributed by atoms with van der Waals surface area (Å²) in [7, 11) is 1.35. The highest BCUT2D eigenvalue weighted by Crippen LogP contribution is 2.40. The molecule has 0 saturated heterocycles. The Labute approximate surface area is 148 Å². The minimum absolute atomic E-state index is 0.00108. The number of aromatic nitrogens is 1. The van der Waals surface area contributed by atoms with Crippen molar-refractivity contribution >= 4 is 39.2 Å². The van der Waals surface area contributed by atoms with Gasteiger partial charge in [-0.1, -0.05) is 18.2 Å². The number of amides is 1. The molecule has 3 aromatic rings. The number of anilines is 1. The number of carbonyl (C=O) groups is 2. The monoisotopic (exact) mass is 350 g/mol. The molecule has 1 amide bonds. The van der Waals surface area contributed by atoms with Gasteiger partial charge >= 0.3 is 5.97 Å². The van der Waals surface area contributed by atoms with E-state index in [-0.39, 0.29) is 17.8 Å². The minimum atomic E-state index is -0.369. The van der Waals surface area contributed by atoms with Crippen molar-refractivity contribution in [3.05, 3.63) is 71.4 Å². The van der Waals surface area contributed by atoms with E-state index in [1.165, 1.54) is 18.6 Å². The summed E-state index contributed by atoms with van der Waals surface area (Å²) in [4.78, 5) is 23.8. The van der Waals surface area contributed by atoms with Crippen molar-refractivity contribution in [1.29, 1.82) is 0 Å². The lowest BCUT2D eigenvalue weighted by molar-refractivity contribution is -0.112. The molecule has 1 aliphatic carbocycles. The van der Waals surface area contributed by atoms with E-state index in [4.69, 9.17) is 0 Å². The highest BCUT2D eigenvalue weighted by molar-refractivity contribution is 7.13. The SMILES string of the molecule is COC(=O)c1ccc([C@@H]2C=C2C(=O)Nc2ccc3cnsc3c2)cc1. The average Bonchev–Trinajstić information content (AvgIpc) is 3.31. The summed E-state index contributed by atoms with van der Waals surface area (Å²) in [5, 5.41) is 3.99. The number of nitrogens with zero attached hydrogens (tertiary/aromatic N) is 1. The van der Waals surface area contributed by atoms with Gasteiger partial charge in [0.1, 0.15) is 0 Å². The molecule has 0 aliphatic heterocycles. The van der Waals surface area contributed by atoms with E-state index < -0.39 is 0 Å². The highest BCUT2D eigenvalue weighted by Gasteiger charge is 2.32. The number of ether oxygens (including phenoxy) is 1. The van der Waals surface area contributed by atoms with Gasteiger partial charge in [-0.15, -0.1) is 0 Å². The molecule has 1 aromatic heterocycles. The smallest absolute Gasteiger partial charge is 0.337 e. The molecule has 5 nitrogen and oxygen atoms in total. The molecule has 0 bridgehead atoms. The first-order valence-corrected chi connectivity index (χ1v) is 8.49. The lowest BCUT2D eigenvalue weighted by atomic mass is 10.0. The lowest BCUT2D eigenvalue weighted by Gasteiger charge is -2.05. The van der Waals surface area contributed by atoms with Crippen molar-refractivity contribution in [2.24, 2.45) is 0 Å². The van der Waals surface area contributed by atoms with Gasteiger partial charge in [-0.25, -0.2) is 4.79 Å². The molecule has 124 valence electrons. The van der Waals surface area contributed by atoms with Gasteiger partial charge in [-0.2, -0.15) is 4.37 Å². The first-order valence-electron chi connectivity index (χ1n) is 7.71. The van der Waals surface area contributed by atoms with E-state index >= 15 is 0 Å². The lowest BCUT2D eigenvalue weighted by Crippen LogP contribution is -2.11. The third-order valence-corrected chi connectivity index (χ3v) is 4.90. The van der Waals surface area contributed by atoms with Crippen molar-refractivity contribution < 1.29 is 14.3 Å². The Kier molecular flexibility index (Phi) is 3.82. The fourth-order valence-electron chi connectivity index (χ4n) is 2.71. The van der Waals surface area contributed by atoms with Crippen LogP contribution >= 0.6 is 11.5 Å². The summed E-state index contributed by atoms with van der Waals surface area (Å²) in [5.74, 6) is -0.475. The summed E-state index contributed by atoms with van der Waals surface area (Å²) in [5.41, 5.74) is 2.97. The van der Waals surface area contributed by atoms with E-state index in [0.29, 0.717) is 5.56 Å². The second kappa shape index (κ2) is 6.14. The van der Waals surface area contributed by atoms with Crippen LogP contribution in [-0.4, -0.2) is 23.4 Å². The van der Waals surface area contributed by atoms with Gasteiger partial charge in [0.15, 0.2) is 0 Å². The number of hydrogen-bond acceptors (Lipinski definition) is 5. The number of rotatable bonds is 4. The van der Waals surface area contributed by atoms with Crippen LogP contribution in [0.15, 0.2) is 60.3 Å². The van der Waals surface area contributed by atoms with Gasteiger partial charge < -0.3 is 10.1 Å². The topological polar surface area (TPSA) is 68.3 Å². The zero-order valence-electron chi connectivity index (χ0n) is 13.4. The summed E-state index contributed by atoms with van der Waals surface area (Å²) in [6.07, 6.45) is 3.72. The largest absolute Gasteiger partial charge is 0.465 e. The van der Waals surface area contributed by atoms with E-state index in [9.17, 15) is 9.59 Å². The molecule has 1 heterocycles. The summed E-state index contributed by atoms with van der Waals surface area (Å²) in [6.45, 7) is 0. The maximum atomic E-state index is 12.4. The van der Waals surface area contributed by atoms with Crippen LogP contribution in [0.5, 0.6) is 0 Å². The van der Waals surface area contributed by atoms with Crippen LogP contribution in [0.3, 0.4) is 0 Å². The first-order chi connectivity index (χ1) is 12.2. The quantitative estimate of drug-likeness (QED) is 0.728. The maximum Gasteiger partial charge on any atom is 0.337 e. The van der Waals surface area contributed by atoms with Gasteiger partial charge in [0, 0.05) is 28.8 Å². The van der Waals surface area contributed by atoms with Crippen molar-refractivity contribution in [2.75, 3.05) is 12.4 Å². The first kappa shape index (κ1) is 15.5.